The van der Waals surface area contributed by atoms with Crippen molar-refractivity contribution in [3.63, 3.8) is 0 Å². The molecule has 2 aromatic rings. The summed E-state index contributed by atoms with van der Waals surface area (Å²) < 4.78 is 37.3. The second-order valence-corrected chi connectivity index (χ2v) is 8.09. The van der Waals surface area contributed by atoms with Crippen molar-refractivity contribution >= 4 is 28.7 Å². The van der Waals surface area contributed by atoms with Gasteiger partial charge in [0.2, 0.25) is 0 Å². The number of para-hydroxylation sites is 1. The summed E-state index contributed by atoms with van der Waals surface area (Å²) in [6.07, 6.45) is -1.42. The van der Waals surface area contributed by atoms with Crippen LogP contribution in [0.25, 0.3) is 10.9 Å². The van der Waals surface area contributed by atoms with Crippen LogP contribution in [-0.4, -0.2) is 59.9 Å². The van der Waals surface area contributed by atoms with E-state index in [0.717, 1.165) is 42.4 Å². The Morgan fingerprint density at radius 1 is 1.27 bits per heavy atom. The van der Waals surface area contributed by atoms with Crippen LogP contribution >= 0.6 is 0 Å². The van der Waals surface area contributed by atoms with Crippen molar-refractivity contribution in [3.05, 3.63) is 41.6 Å². The Bertz CT molecular complexity index is 1050. The third-order valence-electron chi connectivity index (χ3n) is 5.91. The van der Waals surface area contributed by atoms with Gasteiger partial charge >= 0.3 is 18.1 Å². The van der Waals surface area contributed by atoms with Crippen LogP contribution < -0.4 is 10.6 Å². The van der Waals surface area contributed by atoms with Crippen molar-refractivity contribution in [1.29, 1.82) is 0 Å². The molecule has 0 bridgehead atoms. The number of esters is 1. The molecule has 3 N–H and O–H groups in total. The fourth-order valence-electron chi connectivity index (χ4n) is 4.07. The summed E-state index contributed by atoms with van der Waals surface area (Å²) in [4.78, 5) is 38.2. The second-order valence-electron chi connectivity index (χ2n) is 8.09. The minimum Gasteiger partial charge on any atom is -0.475 e. The van der Waals surface area contributed by atoms with Gasteiger partial charge in [0.05, 0.1) is 23.0 Å². The van der Waals surface area contributed by atoms with Gasteiger partial charge in [0.25, 0.3) is 5.91 Å². The van der Waals surface area contributed by atoms with Gasteiger partial charge in [-0.05, 0) is 44.5 Å². The normalized spacial score (nSPS) is 19.5. The number of nitrogens with one attached hydrogen (secondary N) is 2. The van der Waals surface area contributed by atoms with Crippen molar-refractivity contribution in [1.82, 2.24) is 15.6 Å². The number of carboxylic acids is 1. The number of ether oxygens (including phenoxy) is 1. The molecule has 11 heteroatoms. The molecule has 1 atom stereocenters. The number of amides is 1. The fraction of sp³-hybridized carbons (Fsp3) is 0.455. The van der Waals surface area contributed by atoms with Crippen LogP contribution in [-0.2, 0) is 14.3 Å². The number of hydrogen-bond acceptors (Lipinski definition) is 6. The Labute approximate surface area is 187 Å². The van der Waals surface area contributed by atoms with Crippen LogP contribution in [0.4, 0.5) is 13.2 Å². The van der Waals surface area contributed by atoms with Crippen molar-refractivity contribution in [3.8, 4) is 0 Å². The molecule has 1 unspecified atom stereocenters. The van der Waals surface area contributed by atoms with Crippen molar-refractivity contribution in [2.45, 2.75) is 38.5 Å². The minimum atomic E-state index is -5.08. The zero-order chi connectivity index (χ0) is 24.2. The zero-order valence-corrected chi connectivity index (χ0v) is 17.9. The highest BCUT2D eigenvalue weighted by Gasteiger charge is 2.49. The summed E-state index contributed by atoms with van der Waals surface area (Å²) in [5.74, 6) is -3.04. The molecular weight excluding hydrogens is 443 g/mol. The summed E-state index contributed by atoms with van der Waals surface area (Å²) in [7, 11) is 0. The van der Waals surface area contributed by atoms with E-state index in [1.165, 1.54) is 0 Å². The number of carboxylic acid groups (broad SMARTS) is 1. The Morgan fingerprint density at radius 2 is 1.91 bits per heavy atom. The molecule has 0 aliphatic carbocycles. The SMILES string of the molecule is Cc1c(C(=O)NCC2CC3(CCNCC3)C(=O)O2)cnc2ccccc12.O=C(O)C(F)(F)F. The van der Waals surface area contributed by atoms with Crippen molar-refractivity contribution < 1.29 is 37.4 Å². The molecular formula is C22H24F3N3O5. The zero-order valence-electron chi connectivity index (χ0n) is 17.9. The van der Waals surface area contributed by atoms with E-state index < -0.39 is 12.1 Å². The van der Waals surface area contributed by atoms with Gasteiger partial charge in [0, 0.05) is 18.0 Å². The lowest BCUT2D eigenvalue weighted by molar-refractivity contribution is -0.192. The number of cyclic esters (lactones) is 1. The number of halogens is 3. The summed E-state index contributed by atoms with van der Waals surface area (Å²) in [5, 5.41) is 14.3. The quantitative estimate of drug-likeness (QED) is 0.594. The molecule has 178 valence electrons. The number of alkyl halides is 3. The lowest BCUT2D eigenvalue weighted by Crippen LogP contribution is -2.39. The van der Waals surface area contributed by atoms with E-state index in [1.807, 2.05) is 31.2 Å². The number of benzene rings is 1. The average Bonchev–Trinajstić information content (AvgIpc) is 3.07. The lowest BCUT2D eigenvalue weighted by Gasteiger charge is -2.29. The third kappa shape index (κ3) is 5.59. The lowest BCUT2D eigenvalue weighted by atomic mass is 9.76. The number of rotatable bonds is 3. The van der Waals surface area contributed by atoms with Crippen LogP contribution in [0.5, 0.6) is 0 Å². The smallest absolute Gasteiger partial charge is 0.475 e. The maximum Gasteiger partial charge on any atom is 0.490 e. The Morgan fingerprint density at radius 3 is 2.55 bits per heavy atom. The molecule has 8 nitrogen and oxygen atoms in total. The van der Waals surface area contributed by atoms with Crippen molar-refractivity contribution in [2.24, 2.45) is 5.41 Å². The first-order valence-corrected chi connectivity index (χ1v) is 10.4. The van der Waals surface area contributed by atoms with Gasteiger partial charge < -0.3 is 20.5 Å². The molecule has 0 radical (unpaired) electrons. The standard InChI is InChI=1S/C20H23N3O3.C2HF3O2/c1-13-15-4-2-3-5-17(15)22-12-16(13)18(24)23-11-14-10-20(19(25)26-14)6-8-21-9-7-20;3-2(4,5)1(6)7/h2-5,12,14,21H,6-11H2,1H3,(H,23,24);(H,6,7). The van der Waals surface area contributed by atoms with Crippen LogP contribution in [0.1, 0.15) is 35.2 Å². The summed E-state index contributed by atoms with van der Waals surface area (Å²) in [6.45, 7) is 3.96. The topological polar surface area (TPSA) is 118 Å². The van der Waals surface area contributed by atoms with Gasteiger partial charge in [0.15, 0.2) is 0 Å². The Hall–Kier alpha value is -3.21. The Kier molecular flexibility index (Phi) is 7.21. The van der Waals surface area contributed by atoms with E-state index in [-0.39, 0.29) is 23.4 Å². The third-order valence-corrected chi connectivity index (χ3v) is 5.91. The van der Waals surface area contributed by atoms with Crippen LogP contribution in [0, 0.1) is 12.3 Å². The van der Waals surface area contributed by atoms with Crippen LogP contribution in [0.2, 0.25) is 0 Å². The van der Waals surface area contributed by atoms with E-state index in [0.29, 0.717) is 18.5 Å². The minimum absolute atomic E-state index is 0.109. The highest BCUT2D eigenvalue weighted by Crippen LogP contribution is 2.41. The number of nitrogens with zero attached hydrogens (tertiary/aromatic N) is 1. The average molecular weight is 467 g/mol. The molecule has 4 rings (SSSR count). The van der Waals surface area contributed by atoms with E-state index in [9.17, 15) is 22.8 Å². The molecule has 0 saturated carbocycles. The summed E-state index contributed by atoms with van der Waals surface area (Å²) in [6, 6.07) is 7.77. The molecule has 1 spiro atoms. The number of fused-ring (bicyclic) bond motifs is 1. The van der Waals surface area contributed by atoms with E-state index in [1.54, 1.807) is 6.20 Å². The second kappa shape index (κ2) is 9.74. The monoisotopic (exact) mass is 467 g/mol. The van der Waals surface area contributed by atoms with Gasteiger partial charge in [0.1, 0.15) is 6.10 Å². The first-order valence-electron chi connectivity index (χ1n) is 10.4. The first kappa shape index (κ1) is 24.4. The summed E-state index contributed by atoms with van der Waals surface area (Å²) in [5.41, 5.74) is 1.98. The molecule has 1 amide bonds. The summed E-state index contributed by atoms with van der Waals surface area (Å²) >= 11 is 0. The molecule has 1 aromatic heterocycles. The maximum atomic E-state index is 12.6. The first-order chi connectivity index (χ1) is 15.5. The van der Waals surface area contributed by atoms with Crippen LogP contribution in [0.15, 0.2) is 30.5 Å². The number of piperidine rings is 1. The van der Waals surface area contributed by atoms with Gasteiger partial charge in [-0.1, -0.05) is 18.2 Å². The molecule has 2 saturated heterocycles. The number of carbonyl (C=O) groups is 3. The molecule has 3 heterocycles. The van der Waals surface area contributed by atoms with Gasteiger partial charge in [-0.2, -0.15) is 13.2 Å². The van der Waals surface area contributed by atoms with E-state index >= 15 is 0 Å². The number of carbonyl (C=O) groups excluding carboxylic acids is 2. The highest BCUT2D eigenvalue weighted by molar-refractivity contribution is 6.00. The fourth-order valence-corrected chi connectivity index (χ4v) is 4.07. The largest absolute Gasteiger partial charge is 0.490 e. The number of pyridine rings is 1. The predicted molar refractivity (Wildman–Crippen MR) is 112 cm³/mol. The molecule has 2 aliphatic rings. The number of aromatic nitrogens is 1. The van der Waals surface area contributed by atoms with Gasteiger partial charge in [-0.3, -0.25) is 14.6 Å². The number of hydrogen-bond donors (Lipinski definition) is 3. The van der Waals surface area contributed by atoms with Crippen LogP contribution in [0.3, 0.4) is 0 Å². The van der Waals surface area contributed by atoms with E-state index in [2.05, 4.69) is 15.6 Å². The molecule has 33 heavy (non-hydrogen) atoms. The van der Waals surface area contributed by atoms with Gasteiger partial charge in [-0.15, -0.1) is 0 Å². The van der Waals surface area contributed by atoms with Crippen molar-refractivity contribution in [2.75, 3.05) is 19.6 Å². The Balaban J connectivity index is 0.000000383. The molecule has 2 aliphatic heterocycles. The number of aryl methyl sites for hydroxylation is 1. The molecule has 2 fully saturated rings. The van der Waals surface area contributed by atoms with Gasteiger partial charge in [-0.25, -0.2) is 4.79 Å². The maximum absolute atomic E-state index is 12.6. The number of aliphatic carboxylic acids is 1. The highest BCUT2D eigenvalue weighted by atomic mass is 19.4. The molecule has 1 aromatic carbocycles. The predicted octanol–water partition coefficient (Wildman–Crippen LogP) is 2.59. The van der Waals surface area contributed by atoms with E-state index in [4.69, 9.17) is 14.6 Å².